The van der Waals surface area contributed by atoms with E-state index in [1.165, 1.54) is 27.4 Å². The zero-order chi connectivity index (χ0) is 18.0. The second-order valence-corrected chi connectivity index (χ2v) is 4.97. The molecule has 1 aliphatic carbocycles. The van der Waals surface area contributed by atoms with Crippen molar-refractivity contribution in [3.8, 4) is 11.8 Å². The van der Waals surface area contributed by atoms with Crippen molar-refractivity contribution in [3.63, 3.8) is 0 Å². The molecule has 8 nitrogen and oxygen atoms in total. The van der Waals surface area contributed by atoms with E-state index in [2.05, 4.69) is 15.0 Å². The number of ether oxygens (including phenoxy) is 3. The van der Waals surface area contributed by atoms with Gasteiger partial charge in [0.05, 0.1) is 33.1 Å². The molecule has 128 valence electrons. The summed E-state index contributed by atoms with van der Waals surface area (Å²) in [4.78, 5) is 24.7. The minimum Gasteiger partial charge on any atom is -0.506 e. The first-order chi connectivity index (χ1) is 12.1. The zero-order valence-electron chi connectivity index (χ0n) is 13.8. The Hall–Kier alpha value is -3.42. The Morgan fingerprint density at radius 1 is 1.04 bits per heavy atom. The molecule has 1 aromatic heterocycles. The number of carbonyl (C=O) groups is 1. The number of esters is 1. The molecule has 1 N–H and O–H groups in total. The summed E-state index contributed by atoms with van der Waals surface area (Å²) < 4.78 is 15.0. The number of hydrogen-bond acceptors (Lipinski definition) is 8. The van der Waals surface area contributed by atoms with Crippen LogP contribution in [0.2, 0.25) is 0 Å². The maximum atomic E-state index is 12.1. The molecule has 2 aromatic rings. The highest BCUT2D eigenvalue weighted by Gasteiger charge is 2.33. The van der Waals surface area contributed by atoms with Gasteiger partial charge in [-0.05, 0) is 0 Å². The van der Waals surface area contributed by atoms with Gasteiger partial charge in [0.15, 0.2) is 0 Å². The van der Waals surface area contributed by atoms with Crippen LogP contribution in [-0.2, 0) is 9.53 Å². The Labute approximate surface area is 143 Å². The molecule has 0 saturated carbocycles. The molecule has 25 heavy (non-hydrogen) atoms. The molecular weight excluding hydrogens is 326 g/mol. The third-order valence-corrected chi connectivity index (χ3v) is 3.60. The highest BCUT2D eigenvalue weighted by Crippen LogP contribution is 2.33. The fourth-order valence-corrected chi connectivity index (χ4v) is 2.44. The van der Waals surface area contributed by atoms with E-state index in [0.717, 1.165) is 0 Å². The van der Waals surface area contributed by atoms with Crippen molar-refractivity contribution in [1.29, 1.82) is 0 Å². The molecule has 0 unspecified atom stereocenters. The highest BCUT2D eigenvalue weighted by atomic mass is 16.5. The highest BCUT2D eigenvalue weighted by molar-refractivity contribution is 6.35. The lowest BCUT2D eigenvalue weighted by molar-refractivity contribution is -0.135. The Morgan fingerprint density at radius 2 is 1.64 bits per heavy atom. The van der Waals surface area contributed by atoms with Crippen molar-refractivity contribution in [1.82, 2.24) is 9.97 Å². The van der Waals surface area contributed by atoms with Gasteiger partial charge in [0.2, 0.25) is 11.8 Å². The van der Waals surface area contributed by atoms with Crippen LogP contribution < -0.4 is 9.47 Å². The first-order valence-electron chi connectivity index (χ1n) is 7.26. The molecule has 0 spiro atoms. The van der Waals surface area contributed by atoms with Crippen molar-refractivity contribution in [2.45, 2.75) is 0 Å². The van der Waals surface area contributed by atoms with Crippen LogP contribution in [0.25, 0.3) is 5.76 Å². The van der Waals surface area contributed by atoms with Crippen molar-refractivity contribution in [2.75, 3.05) is 21.3 Å². The number of aliphatic hydroxyl groups is 1. The van der Waals surface area contributed by atoms with Crippen LogP contribution in [0.5, 0.6) is 11.8 Å². The normalized spacial score (nSPS) is 14.4. The number of carbonyl (C=O) groups excluding carboxylic acids is 1. The van der Waals surface area contributed by atoms with Crippen molar-refractivity contribution in [2.24, 2.45) is 4.99 Å². The van der Waals surface area contributed by atoms with Gasteiger partial charge >= 0.3 is 5.97 Å². The Morgan fingerprint density at radius 3 is 2.20 bits per heavy atom. The van der Waals surface area contributed by atoms with E-state index in [1.54, 1.807) is 24.3 Å². The molecule has 1 aliphatic rings. The van der Waals surface area contributed by atoms with Gasteiger partial charge in [0, 0.05) is 11.1 Å². The summed E-state index contributed by atoms with van der Waals surface area (Å²) in [6.45, 7) is 0. The molecule has 0 atom stereocenters. The van der Waals surface area contributed by atoms with Gasteiger partial charge in [-0.25, -0.2) is 9.79 Å². The Bertz CT molecular complexity index is 883. The van der Waals surface area contributed by atoms with E-state index in [-0.39, 0.29) is 34.8 Å². The summed E-state index contributed by atoms with van der Waals surface area (Å²) in [7, 11) is 4.14. The lowest BCUT2D eigenvalue weighted by Crippen LogP contribution is -2.13. The molecule has 1 aromatic carbocycles. The molecule has 1 heterocycles. The van der Waals surface area contributed by atoms with E-state index in [9.17, 15) is 9.90 Å². The number of benzene rings is 1. The molecule has 0 fully saturated rings. The maximum absolute atomic E-state index is 12.1. The predicted molar refractivity (Wildman–Crippen MR) is 89.3 cm³/mol. The van der Waals surface area contributed by atoms with Crippen LogP contribution in [0.1, 0.15) is 11.1 Å². The van der Waals surface area contributed by atoms with Crippen molar-refractivity contribution in [3.05, 3.63) is 47.0 Å². The zero-order valence-corrected chi connectivity index (χ0v) is 13.8. The van der Waals surface area contributed by atoms with E-state index < -0.39 is 5.97 Å². The first-order valence-corrected chi connectivity index (χ1v) is 7.26. The number of methoxy groups -OCH3 is 3. The van der Waals surface area contributed by atoms with E-state index in [4.69, 9.17) is 14.2 Å². The van der Waals surface area contributed by atoms with E-state index >= 15 is 0 Å². The number of aliphatic imine (C=N–C) groups is 1. The van der Waals surface area contributed by atoms with Crippen LogP contribution in [0.15, 0.2) is 40.9 Å². The number of aromatic nitrogens is 2. The van der Waals surface area contributed by atoms with Crippen molar-refractivity contribution < 1.29 is 24.1 Å². The average Bonchev–Trinajstić information content (AvgIpc) is 2.93. The maximum Gasteiger partial charge on any atom is 0.343 e. The minimum absolute atomic E-state index is 0.0251. The number of aliphatic hydroxyl groups excluding tert-OH is 1. The molecule has 8 heteroatoms. The second kappa shape index (κ2) is 6.60. The summed E-state index contributed by atoms with van der Waals surface area (Å²) >= 11 is 0. The SMILES string of the molecule is COC(=O)C1=C(O)c2ccccc2/C1=N\c1nc(OC)cc(OC)n1. The lowest BCUT2D eigenvalue weighted by Gasteiger charge is -2.06. The second-order valence-electron chi connectivity index (χ2n) is 4.97. The number of rotatable bonds is 4. The van der Waals surface area contributed by atoms with Crippen LogP contribution in [0, 0.1) is 0 Å². The predicted octanol–water partition coefficient (Wildman–Crippen LogP) is 2.07. The molecule has 0 bridgehead atoms. The average molecular weight is 341 g/mol. The van der Waals surface area contributed by atoms with E-state index in [0.29, 0.717) is 11.1 Å². The third kappa shape index (κ3) is 2.89. The van der Waals surface area contributed by atoms with Gasteiger partial charge in [0.25, 0.3) is 5.95 Å². The fourth-order valence-electron chi connectivity index (χ4n) is 2.44. The summed E-state index contributed by atoms with van der Waals surface area (Å²) in [5, 5.41) is 10.4. The Kier molecular flexibility index (Phi) is 4.34. The van der Waals surface area contributed by atoms with Gasteiger partial charge < -0.3 is 19.3 Å². The van der Waals surface area contributed by atoms with Crippen molar-refractivity contribution >= 4 is 23.4 Å². The molecule has 3 rings (SSSR count). The van der Waals surface area contributed by atoms with Gasteiger partial charge in [-0.15, -0.1) is 0 Å². The largest absolute Gasteiger partial charge is 0.506 e. The van der Waals surface area contributed by atoms with E-state index in [1.807, 2.05) is 0 Å². The minimum atomic E-state index is -0.706. The molecule has 0 aliphatic heterocycles. The van der Waals surface area contributed by atoms with Gasteiger partial charge in [-0.1, -0.05) is 24.3 Å². The number of nitrogens with zero attached hydrogens (tertiary/aromatic N) is 3. The van der Waals surface area contributed by atoms with Crippen LogP contribution in [0.4, 0.5) is 5.95 Å². The van der Waals surface area contributed by atoms with Crippen LogP contribution in [-0.4, -0.2) is 48.1 Å². The quantitative estimate of drug-likeness (QED) is 0.849. The number of hydrogen-bond donors (Lipinski definition) is 1. The summed E-state index contributed by atoms with van der Waals surface area (Å²) in [6, 6.07) is 8.44. The first kappa shape index (κ1) is 16.4. The monoisotopic (exact) mass is 341 g/mol. The fraction of sp³-hybridized carbons (Fsp3) is 0.176. The molecule has 0 radical (unpaired) electrons. The molecule has 0 saturated heterocycles. The smallest absolute Gasteiger partial charge is 0.343 e. The standard InChI is InChI=1S/C17H15N3O5/c1-23-11-8-12(24-2)19-17(18-11)20-14-9-6-4-5-7-10(9)15(21)13(14)16(22)25-3/h4-8,21H,1-3H3/b20-14+. The van der Waals surface area contributed by atoms with Crippen LogP contribution >= 0.6 is 0 Å². The summed E-state index contributed by atoms with van der Waals surface area (Å²) in [6.07, 6.45) is 0. The lowest BCUT2D eigenvalue weighted by atomic mass is 10.1. The Balaban J connectivity index is 2.20. The van der Waals surface area contributed by atoms with Gasteiger partial charge in [-0.2, -0.15) is 9.97 Å². The third-order valence-electron chi connectivity index (χ3n) is 3.60. The summed E-state index contributed by atoms with van der Waals surface area (Å²) in [5.41, 5.74) is 1.23. The number of fused-ring (bicyclic) bond motifs is 1. The summed E-state index contributed by atoms with van der Waals surface area (Å²) in [5.74, 6) is -0.369. The van der Waals surface area contributed by atoms with Gasteiger partial charge in [-0.3, -0.25) is 0 Å². The topological polar surface area (TPSA) is 103 Å². The molecule has 0 amide bonds. The molecular formula is C17H15N3O5. The van der Waals surface area contributed by atoms with Gasteiger partial charge in [0.1, 0.15) is 11.3 Å². The van der Waals surface area contributed by atoms with Crippen LogP contribution in [0.3, 0.4) is 0 Å².